The van der Waals surface area contributed by atoms with Gasteiger partial charge in [-0.25, -0.2) is 27.6 Å². The van der Waals surface area contributed by atoms with E-state index in [9.17, 15) is 31.5 Å². The molecule has 5 rings (SSSR count). The lowest BCUT2D eigenvalue weighted by molar-refractivity contribution is -0.274. The predicted octanol–water partition coefficient (Wildman–Crippen LogP) is 7.25. The van der Waals surface area contributed by atoms with Crippen LogP contribution in [0.25, 0.3) is 17.1 Å². The molecule has 1 saturated heterocycles. The van der Waals surface area contributed by atoms with Crippen molar-refractivity contribution in [2.24, 2.45) is 4.99 Å². The van der Waals surface area contributed by atoms with Crippen molar-refractivity contribution in [2.75, 3.05) is 10.7 Å². The molecule has 9 nitrogen and oxygen atoms in total. The van der Waals surface area contributed by atoms with E-state index in [1.54, 1.807) is 0 Å². The molecule has 1 aliphatic heterocycles. The number of alkyl halides is 5. The minimum atomic E-state index is -4.82. The van der Waals surface area contributed by atoms with Gasteiger partial charge in [0, 0.05) is 5.56 Å². The second-order valence-electron chi connectivity index (χ2n) is 10.2. The summed E-state index contributed by atoms with van der Waals surface area (Å²) >= 11 is 0.936. The Hall–Kier alpha value is -4.86. The standard InChI is InChI=1S/C30H24F6N6O3S/c1-16(2)22-13-19(31)7-12-23(22)42-24(43)14-46-29(42)39-28(44)38-26(33)25(32)17-3-5-18(6-4-17)27-37-15-41(40-27)20-8-10-21(11-9-20)45-30(34,35)36/h3-13,15-16,25-26H,14H2,1-2H3,(H,38,44). The molecular formula is C30H24F6N6O3S. The normalized spacial score (nSPS) is 15.8. The van der Waals surface area contributed by atoms with E-state index in [1.807, 2.05) is 19.2 Å². The van der Waals surface area contributed by atoms with Crippen molar-refractivity contribution in [1.29, 1.82) is 0 Å². The van der Waals surface area contributed by atoms with Crippen molar-refractivity contribution in [3.05, 3.63) is 90.0 Å². The molecule has 0 radical (unpaired) electrons. The van der Waals surface area contributed by atoms with Crippen molar-refractivity contribution in [3.8, 4) is 22.8 Å². The quantitative estimate of drug-likeness (QED) is 0.158. The number of carbonyl (C=O) groups excluding carboxylic acids is 2. The van der Waals surface area contributed by atoms with Gasteiger partial charge in [-0.15, -0.1) is 18.3 Å². The smallest absolute Gasteiger partial charge is 0.406 e. The molecule has 2 heterocycles. The second kappa shape index (κ2) is 13.2. The summed E-state index contributed by atoms with van der Waals surface area (Å²) in [5.41, 5.74) is 1.57. The molecule has 0 spiro atoms. The van der Waals surface area contributed by atoms with E-state index in [-0.39, 0.29) is 28.2 Å². The molecule has 0 bridgehead atoms. The number of amides is 3. The summed E-state index contributed by atoms with van der Waals surface area (Å²) in [4.78, 5) is 34.3. The van der Waals surface area contributed by atoms with Crippen molar-refractivity contribution >= 4 is 34.6 Å². The maximum atomic E-state index is 15.0. The third-order valence-corrected chi connectivity index (χ3v) is 7.57. The van der Waals surface area contributed by atoms with E-state index in [1.165, 1.54) is 65.6 Å². The molecule has 3 aromatic carbocycles. The van der Waals surface area contributed by atoms with E-state index >= 15 is 4.39 Å². The maximum Gasteiger partial charge on any atom is 0.573 e. The lowest BCUT2D eigenvalue weighted by Crippen LogP contribution is -2.35. The Morgan fingerprint density at radius 1 is 1.04 bits per heavy atom. The summed E-state index contributed by atoms with van der Waals surface area (Å²) in [6, 6.07) is 13.0. The molecule has 46 heavy (non-hydrogen) atoms. The Morgan fingerprint density at radius 2 is 1.74 bits per heavy atom. The number of aromatic nitrogens is 3. The largest absolute Gasteiger partial charge is 0.573 e. The summed E-state index contributed by atoms with van der Waals surface area (Å²) in [6.07, 6.45) is -8.26. The van der Waals surface area contributed by atoms with Gasteiger partial charge < -0.3 is 10.1 Å². The highest BCUT2D eigenvalue weighted by Crippen LogP contribution is 2.34. The Kier molecular flexibility index (Phi) is 9.37. The zero-order valence-electron chi connectivity index (χ0n) is 24.0. The van der Waals surface area contributed by atoms with Gasteiger partial charge in [0.2, 0.25) is 12.2 Å². The average molecular weight is 663 g/mol. The number of hydrogen-bond donors (Lipinski definition) is 1. The van der Waals surface area contributed by atoms with Gasteiger partial charge in [-0.3, -0.25) is 9.69 Å². The van der Waals surface area contributed by atoms with E-state index in [0.29, 0.717) is 22.5 Å². The number of halogens is 6. The number of hydrogen-bond acceptors (Lipinski definition) is 6. The Bertz CT molecular complexity index is 1760. The molecule has 3 amide bonds. The number of nitrogens with one attached hydrogen (secondary N) is 1. The SMILES string of the molecule is CC(C)c1cc(F)ccc1N1C(=O)CSC1=NC(=O)NC(F)C(F)c1ccc(-c2ncn(-c3ccc(OC(F)(F)F)cc3)n2)cc1. The van der Waals surface area contributed by atoms with Crippen LogP contribution < -0.4 is 15.0 Å². The van der Waals surface area contributed by atoms with Crippen LogP contribution in [0.1, 0.15) is 37.1 Å². The van der Waals surface area contributed by atoms with Crippen LogP contribution in [0.3, 0.4) is 0 Å². The molecule has 2 unspecified atom stereocenters. The summed E-state index contributed by atoms with van der Waals surface area (Å²) in [5, 5.41) is 6.05. The van der Waals surface area contributed by atoms with Crippen molar-refractivity contribution in [2.45, 2.75) is 38.6 Å². The number of thioether (sulfide) groups is 1. The molecule has 1 N–H and O–H groups in total. The van der Waals surface area contributed by atoms with Crippen molar-refractivity contribution < 1.29 is 40.7 Å². The van der Waals surface area contributed by atoms with E-state index < -0.39 is 42.3 Å². The van der Waals surface area contributed by atoms with Crippen LogP contribution in [0, 0.1) is 5.82 Å². The molecule has 2 atom stereocenters. The number of nitrogens with zero attached hydrogens (tertiary/aromatic N) is 5. The Labute approximate surface area is 262 Å². The molecule has 1 aromatic heterocycles. The second-order valence-corrected chi connectivity index (χ2v) is 11.1. The average Bonchev–Trinajstić information content (AvgIpc) is 3.63. The summed E-state index contributed by atoms with van der Waals surface area (Å²) in [7, 11) is 0. The van der Waals surface area contributed by atoms with E-state index in [4.69, 9.17) is 0 Å². The molecule has 4 aromatic rings. The summed E-state index contributed by atoms with van der Waals surface area (Å²) < 4.78 is 86.1. The highest BCUT2D eigenvalue weighted by Gasteiger charge is 2.34. The molecule has 1 fully saturated rings. The van der Waals surface area contributed by atoms with Crippen LogP contribution in [0.15, 0.2) is 78.0 Å². The topological polar surface area (TPSA) is 102 Å². The number of urea groups is 1. The van der Waals surface area contributed by atoms with Crippen LogP contribution >= 0.6 is 11.8 Å². The number of anilines is 1. The first-order valence-electron chi connectivity index (χ1n) is 13.6. The fourth-order valence-electron chi connectivity index (χ4n) is 4.49. The summed E-state index contributed by atoms with van der Waals surface area (Å²) in [6.45, 7) is 3.62. The lowest BCUT2D eigenvalue weighted by Gasteiger charge is -2.21. The van der Waals surface area contributed by atoms with Gasteiger partial charge in [0.15, 0.2) is 17.2 Å². The minimum Gasteiger partial charge on any atom is -0.406 e. The fourth-order valence-corrected chi connectivity index (χ4v) is 5.35. The zero-order valence-corrected chi connectivity index (χ0v) is 24.8. The molecule has 1 aliphatic rings. The van der Waals surface area contributed by atoms with Crippen LogP contribution in [0.5, 0.6) is 5.75 Å². The van der Waals surface area contributed by atoms with Gasteiger partial charge in [0.25, 0.3) is 0 Å². The summed E-state index contributed by atoms with van der Waals surface area (Å²) in [5.74, 6) is -1.31. The highest BCUT2D eigenvalue weighted by atomic mass is 32.2. The van der Waals surface area contributed by atoms with Gasteiger partial charge in [-0.1, -0.05) is 49.9 Å². The number of carbonyl (C=O) groups is 2. The van der Waals surface area contributed by atoms with Gasteiger partial charge in [0.1, 0.15) is 17.9 Å². The molecule has 0 saturated carbocycles. The third-order valence-electron chi connectivity index (χ3n) is 6.65. The van der Waals surface area contributed by atoms with E-state index in [2.05, 4.69) is 19.8 Å². The number of amidine groups is 1. The highest BCUT2D eigenvalue weighted by molar-refractivity contribution is 8.15. The predicted molar refractivity (Wildman–Crippen MR) is 159 cm³/mol. The van der Waals surface area contributed by atoms with Crippen molar-refractivity contribution in [3.63, 3.8) is 0 Å². The minimum absolute atomic E-state index is 0.0472. The van der Waals surface area contributed by atoms with Crippen LogP contribution in [-0.4, -0.2) is 50.3 Å². The monoisotopic (exact) mass is 662 g/mol. The van der Waals surface area contributed by atoms with Gasteiger partial charge in [0.05, 0.1) is 17.1 Å². The number of aliphatic imine (C=N–C) groups is 1. The third kappa shape index (κ3) is 7.50. The molecular weight excluding hydrogens is 638 g/mol. The van der Waals surface area contributed by atoms with Crippen LogP contribution in [-0.2, 0) is 4.79 Å². The molecule has 16 heteroatoms. The number of rotatable bonds is 8. The Balaban J connectivity index is 1.23. The van der Waals surface area contributed by atoms with E-state index in [0.717, 1.165) is 28.8 Å². The number of benzene rings is 3. The lowest BCUT2D eigenvalue weighted by atomic mass is 10.0. The van der Waals surface area contributed by atoms with Crippen LogP contribution in [0.4, 0.5) is 36.8 Å². The first-order valence-corrected chi connectivity index (χ1v) is 14.6. The molecule has 240 valence electrons. The molecule has 0 aliphatic carbocycles. The van der Waals surface area contributed by atoms with Gasteiger partial charge >= 0.3 is 12.4 Å². The Morgan fingerprint density at radius 3 is 2.39 bits per heavy atom. The van der Waals surface area contributed by atoms with Crippen molar-refractivity contribution in [1.82, 2.24) is 20.1 Å². The first-order chi connectivity index (χ1) is 21.8. The van der Waals surface area contributed by atoms with Crippen LogP contribution in [0.2, 0.25) is 0 Å². The maximum absolute atomic E-state index is 15.0. The van der Waals surface area contributed by atoms with Gasteiger partial charge in [-0.05, 0) is 59.5 Å². The first kappa shape index (κ1) is 32.5. The fraction of sp³-hybridized carbons (Fsp3) is 0.233. The number of ether oxygens (including phenoxy) is 1. The zero-order chi connectivity index (χ0) is 33.2. The van der Waals surface area contributed by atoms with Gasteiger partial charge in [-0.2, -0.15) is 4.99 Å².